The Morgan fingerprint density at radius 3 is 2.76 bits per heavy atom. The van der Waals surface area contributed by atoms with E-state index in [1.807, 2.05) is 13.0 Å². The van der Waals surface area contributed by atoms with Crippen LogP contribution in [0.25, 0.3) is 0 Å². The molecule has 4 aliphatic rings. The summed E-state index contributed by atoms with van der Waals surface area (Å²) in [7, 11) is 0. The van der Waals surface area contributed by atoms with Crippen LogP contribution in [0.15, 0.2) is 11.6 Å². The number of hydrogen-bond acceptors (Lipinski definition) is 5. The first-order valence-electron chi connectivity index (χ1n) is 9.43. The molecule has 25 heavy (non-hydrogen) atoms. The fourth-order valence-corrected chi connectivity index (χ4v) is 5.82. The molecule has 5 atom stereocenters. The molecular weight excluding hydrogens is 320 g/mol. The Morgan fingerprint density at radius 1 is 1.24 bits per heavy atom. The van der Waals surface area contributed by atoms with Gasteiger partial charge in [-0.1, -0.05) is 19.9 Å². The van der Waals surface area contributed by atoms with E-state index in [0.717, 1.165) is 31.3 Å². The van der Waals surface area contributed by atoms with Crippen LogP contribution in [0.5, 0.6) is 0 Å². The van der Waals surface area contributed by atoms with E-state index >= 15 is 0 Å². The summed E-state index contributed by atoms with van der Waals surface area (Å²) in [5.41, 5.74) is 0.152. The average Bonchev–Trinajstić information content (AvgIpc) is 3.15. The van der Waals surface area contributed by atoms with Crippen LogP contribution in [0.4, 0.5) is 0 Å². The average molecular weight is 346 g/mol. The van der Waals surface area contributed by atoms with Crippen molar-refractivity contribution >= 4 is 17.7 Å². The summed E-state index contributed by atoms with van der Waals surface area (Å²) in [6.45, 7) is 5.10. The molecular formula is C20H26O5. The van der Waals surface area contributed by atoms with E-state index in [9.17, 15) is 14.4 Å². The predicted molar refractivity (Wildman–Crippen MR) is 89.4 cm³/mol. The van der Waals surface area contributed by atoms with Gasteiger partial charge < -0.3 is 9.47 Å². The van der Waals surface area contributed by atoms with Crippen LogP contribution in [0.1, 0.15) is 52.4 Å². The van der Waals surface area contributed by atoms with E-state index in [1.165, 1.54) is 0 Å². The van der Waals surface area contributed by atoms with E-state index in [-0.39, 0.29) is 40.9 Å². The molecule has 5 heteroatoms. The van der Waals surface area contributed by atoms with Crippen LogP contribution in [0.3, 0.4) is 0 Å². The summed E-state index contributed by atoms with van der Waals surface area (Å²) in [6, 6.07) is 0. The van der Waals surface area contributed by atoms with Crippen molar-refractivity contribution < 1.29 is 23.9 Å². The zero-order valence-corrected chi connectivity index (χ0v) is 15.0. The molecule has 0 radical (unpaired) electrons. The number of cyclic esters (lactones) is 2. The van der Waals surface area contributed by atoms with Crippen molar-refractivity contribution in [1.82, 2.24) is 0 Å². The van der Waals surface area contributed by atoms with Crippen molar-refractivity contribution in [2.24, 2.45) is 28.6 Å². The number of ether oxygens (including phenoxy) is 2. The molecule has 2 aliphatic carbocycles. The van der Waals surface area contributed by atoms with E-state index in [4.69, 9.17) is 9.47 Å². The zero-order chi connectivity index (χ0) is 17.8. The van der Waals surface area contributed by atoms with Gasteiger partial charge in [0.2, 0.25) is 0 Å². The largest absolute Gasteiger partial charge is 0.465 e. The van der Waals surface area contributed by atoms with E-state index in [2.05, 4.69) is 6.92 Å². The third-order valence-electron chi connectivity index (χ3n) is 7.47. The fraction of sp³-hybridized carbons (Fsp3) is 0.750. The Morgan fingerprint density at radius 2 is 2.04 bits per heavy atom. The smallest absolute Gasteiger partial charge is 0.334 e. The van der Waals surface area contributed by atoms with Gasteiger partial charge in [0, 0.05) is 29.2 Å². The van der Waals surface area contributed by atoms with Gasteiger partial charge >= 0.3 is 11.9 Å². The van der Waals surface area contributed by atoms with Gasteiger partial charge in [0.15, 0.2) is 0 Å². The normalized spacial score (nSPS) is 43.2. The minimum absolute atomic E-state index is 0.0313. The van der Waals surface area contributed by atoms with Gasteiger partial charge in [-0.3, -0.25) is 9.59 Å². The lowest BCUT2D eigenvalue weighted by molar-refractivity contribution is -0.145. The number of hydrogen-bond donors (Lipinski definition) is 0. The first-order valence-corrected chi connectivity index (χ1v) is 9.43. The maximum Gasteiger partial charge on any atom is 0.334 e. The van der Waals surface area contributed by atoms with Gasteiger partial charge in [-0.25, -0.2) is 4.79 Å². The van der Waals surface area contributed by atoms with Crippen molar-refractivity contribution in [3.05, 3.63) is 11.6 Å². The molecule has 0 unspecified atom stereocenters. The Kier molecular flexibility index (Phi) is 3.82. The Labute approximate surface area is 148 Å². The van der Waals surface area contributed by atoms with Gasteiger partial charge in [0.05, 0.1) is 13.0 Å². The number of carbonyl (C=O) groups is 3. The topological polar surface area (TPSA) is 69.7 Å². The van der Waals surface area contributed by atoms with Crippen molar-refractivity contribution in [3.8, 4) is 0 Å². The lowest BCUT2D eigenvalue weighted by Gasteiger charge is -2.55. The highest BCUT2D eigenvalue weighted by Crippen LogP contribution is 2.63. The number of rotatable bonds is 3. The van der Waals surface area contributed by atoms with Gasteiger partial charge in [-0.15, -0.1) is 0 Å². The second-order valence-electron chi connectivity index (χ2n) is 8.64. The summed E-state index contributed by atoms with van der Waals surface area (Å²) in [4.78, 5) is 36.5. The lowest BCUT2D eigenvalue weighted by atomic mass is 9.46. The molecule has 2 heterocycles. The van der Waals surface area contributed by atoms with Crippen LogP contribution < -0.4 is 0 Å². The summed E-state index contributed by atoms with van der Waals surface area (Å²) in [6.07, 6.45) is 6.55. The third kappa shape index (κ3) is 2.38. The summed E-state index contributed by atoms with van der Waals surface area (Å²) < 4.78 is 10.5. The van der Waals surface area contributed by atoms with Crippen LogP contribution >= 0.6 is 0 Å². The summed E-state index contributed by atoms with van der Waals surface area (Å²) >= 11 is 0. The van der Waals surface area contributed by atoms with E-state index in [1.54, 1.807) is 0 Å². The maximum atomic E-state index is 12.9. The minimum Gasteiger partial charge on any atom is -0.465 e. The molecule has 2 saturated heterocycles. The molecule has 0 bridgehead atoms. The standard InChI is InChI=1S/C20H26O5/c1-12-15(21)9-20-11-25-18(23)14(20)4-3-5-16(20)19(12,2)7-6-13-8-17(22)24-10-13/h4,12-13,16H,3,5-11H2,1-2H3/t12-,13-,16-,19-,20+/m0/s1. The summed E-state index contributed by atoms with van der Waals surface area (Å²) in [5, 5.41) is 0. The van der Waals surface area contributed by atoms with Crippen LogP contribution in [-0.4, -0.2) is 30.9 Å². The molecule has 1 spiro atoms. The second-order valence-corrected chi connectivity index (χ2v) is 8.64. The number of carbonyl (C=O) groups excluding carboxylic acids is 3. The molecule has 0 aromatic heterocycles. The number of Topliss-reactive ketones (excluding diaryl/α,β-unsaturated/α-hetero) is 1. The monoisotopic (exact) mass is 346 g/mol. The maximum absolute atomic E-state index is 12.9. The van der Waals surface area contributed by atoms with E-state index < -0.39 is 5.41 Å². The highest BCUT2D eigenvalue weighted by atomic mass is 16.5. The highest BCUT2D eigenvalue weighted by Gasteiger charge is 2.63. The van der Waals surface area contributed by atoms with Crippen molar-refractivity contribution in [2.45, 2.75) is 52.4 Å². The number of allylic oxidation sites excluding steroid dienone is 1. The van der Waals surface area contributed by atoms with Gasteiger partial charge in [-0.05, 0) is 37.0 Å². The van der Waals surface area contributed by atoms with Gasteiger partial charge in [0.1, 0.15) is 12.4 Å². The van der Waals surface area contributed by atoms with Crippen molar-refractivity contribution in [2.75, 3.05) is 13.2 Å². The molecule has 3 fully saturated rings. The van der Waals surface area contributed by atoms with Gasteiger partial charge in [-0.2, -0.15) is 0 Å². The molecule has 0 aromatic rings. The number of esters is 2. The lowest BCUT2D eigenvalue weighted by Crippen LogP contribution is -2.55. The Bertz CT molecular complexity index is 665. The second kappa shape index (κ2) is 5.68. The molecule has 0 aromatic carbocycles. The predicted octanol–water partition coefficient (Wildman–Crippen LogP) is 2.82. The number of ketones is 1. The van der Waals surface area contributed by atoms with Gasteiger partial charge in [0.25, 0.3) is 0 Å². The molecule has 136 valence electrons. The summed E-state index contributed by atoms with van der Waals surface area (Å²) in [5.74, 6) is 0.391. The first kappa shape index (κ1) is 16.8. The molecule has 0 N–H and O–H groups in total. The quantitative estimate of drug-likeness (QED) is 0.735. The highest BCUT2D eigenvalue weighted by molar-refractivity contribution is 5.95. The van der Waals surface area contributed by atoms with Crippen molar-refractivity contribution in [1.29, 1.82) is 0 Å². The molecule has 0 amide bonds. The van der Waals surface area contributed by atoms with Crippen molar-refractivity contribution in [3.63, 3.8) is 0 Å². The Balaban J connectivity index is 1.63. The fourth-order valence-electron chi connectivity index (χ4n) is 5.82. The molecule has 4 rings (SSSR count). The first-order chi connectivity index (χ1) is 11.9. The minimum atomic E-state index is -0.421. The molecule has 1 saturated carbocycles. The van der Waals surface area contributed by atoms with Crippen LogP contribution in [0, 0.1) is 28.6 Å². The van der Waals surface area contributed by atoms with Crippen LogP contribution in [-0.2, 0) is 23.9 Å². The van der Waals surface area contributed by atoms with E-state index in [0.29, 0.717) is 26.1 Å². The Hall–Kier alpha value is -1.65. The third-order valence-corrected chi connectivity index (χ3v) is 7.47. The SMILES string of the molecule is C[C@H]1C(=O)C[C@@]23COC(=O)C2=CCC[C@H]3[C@@]1(C)CC[C@@H]1COC(=O)C1. The molecule has 2 aliphatic heterocycles. The molecule has 5 nitrogen and oxygen atoms in total. The van der Waals surface area contributed by atoms with Crippen LogP contribution in [0.2, 0.25) is 0 Å². The zero-order valence-electron chi connectivity index (χ0n) is 15.0.